The Hall–Kier alpha value is -1.84. The molecule has 0 bridgehead atoms. The average molecular weight is 347 g/mol. The van der Waals surface area contributed by atoms with Gasteiger partial charge < -0.3 is 10.1 Å². The number of carbonyl (C=O) groups excluding carboxylic acids is 2. The summed E-state index contributed by atoms with van der Waals surface area (Å²) in [6.45, 7) is 4.80. The molecule has 0 unspecified atom stereocenters. The second kappa shape index (κ2) is 13.5. The third-order valence-electron chi connectivity index (χ3n) is 4.19. The maximum absolute atomic E-state index is 11.9. The van der Waals surface area contributed by atoms with Gasteiger partial charge in [-0.3, -0.25) is 9.59 Å². The van der Waals surface area contributed by atoms with Crippen molar-refractivity contribution >= 4 is 17.6 Å². The van der Waals surface area contributed by atoms with E-state index in [-0.39, 0.29) is 11.9 Å². The Bertz CT molecular complexity index is 496. The number of nitrogens with one attached hydrogen (secondary N) is 1. The molecule has 0 saturated carbocycles. The molecular weight excluding hydrogens is 314 g/mol. The van der Waals surface area contributed by atoms with E-state index in [2.05, 4.69) is 19.2 Å². The van der Waals surface area contributed by atoms with Crippen molar-refractivity contribution in [3.63, 3.8) is 0 Å². The van der Waals surface area contributed by atoms with E-state index in [9.17, 15) is 9.59 Å². The maximum Gasteiger partial charge on any atom is 0.305 e. The summed E-state index contributed by atoms with van der Waals surface area (Å²) >= 11 is 0. The van der Waals surface area contributed by atoms with Gasteiger partial charge in [-0.1, -0.05) is 58.1 Å². The quantitative estimate of drug-likeness (QED) is 0.391. The Morgan fingerprint density at radius 1 is 0.880 bits per heavy atom. The van der Waals surface area contributed by atoms with E-state index in [0.717, 1.165) is 24.9 Å². The second-order valence-electron chi connectivity index (χ2n) is 6.44. The molecule has 1 amide bonds. The summed E-state index contributed by atoms with van der Waals surface area (Å²) in [6.07, 6.45) is 9.20. The molecule has 1 rings (SSSR count). The third kappa shape index (κ3) is 10.6. The van der Waals surface area contributed by atoms with E-state index >= 15 is 0 Å². The molecule has 4 nitrogen and oxygen atoms in total. The van der Waals surface area contributed by atoms with Gasteiger partial charge in [-0.25, -0.2) is 0 Å². The van der Waals surface area contributed by atoms with Crippen LogP contribution in [-0.4, -0.2) is 18.5 Å². The normalized spacial score (nSPS) is 10.5. The predicted octanol–water partition coefficient (Wildman–Crippen LogP) is 5.26. The summed E-state index contributed by atoms with van der Waals surface area (Å²) in [5.74, 6) is -0.262. The van der Waals surface area contributed by atoms with Gasteiger partial charge in [0.2, 0.25) is 5.91 Å². The van der Waals surface area contributed by atoms with E-state index < -0.39 is 0 Å². The van der Waals surface area contributed by atoms with Gasteiger partial charge in [-0.2, -0.15) is 0 Å². The molecule has 0 heterocycles. The summed E-state index contributed by atoms with van der Waals surface area (Å²) in [7, 11) is 0. The molecule has 0 aromatic heterocycles. The molecule has 25 heavy (non-hydrogen) atoms. The van der Waals surface area contributed by atoms with Gasteiger partial charge in [-0.05, 0) is 37.0 Å². The highest BCUT2D eigenvalue weighted by Crippen LogP contribution is 2.11. The van der Waals surface area contributed by atoms with Crippen LogP contribution in [0.4, 0.5) is 5.69 Å². The molecule has 0 spiro atoms. The van der Waals surface area contributed by atoms with E-state index in [1.807, 2.05) is 24.3 Å². The van der Waals surface area contributed by atoms with Gasteiger partial charge >= 0.3 is 5.97 Å². The van der Waals surface area contributed by atoms with Crippen LogP contribution in [0.5, 0.6) is 0 Å². The lowest BCUT2D eigenvalue weighted by Crippen LogP contribution is -2.12. The van der Waals surface area contributed by atoms with Crippen LogP contribution < -0.4 is 5.32 Å². The van der Waals surface area contributed by atoms with Crippen LogP contribution in [0.2, 0.25) is 0 Å². The van der Waals surface area contributed by atoms with Crippen LogP contribution in [0, 0.1) is 0 Å². The Morgan fingerprint density at radius 2 is 1.56 bits per heavy atom. The molecular formula is C21H33NO3. The van der Waals surface area contributed by atoms with Crippen LogP contribution in [0.25, 0.3) is 0 Å². The number of carbonyl (C=O) groups is 2. The first-order chi connectivity index (χ1) is 12.2. The van der Waals surface area contributed by atoms with Gasteiger partial charge in [0.1, 0.15) is 0 Å². The average Bonchev–Trinajstić information content (AvgIpc) is 2.61. The van der Waals surface area contributed by atoms with Crippen molar-refractivity contribution in [3.05, 3.63) is 29.8 Å². The van der Waals surface area contributed by atoms with Crippen molar-refractivity contribution in [1.82, 2.24) is 0 Å². The van der Waals surface area contributed by atoms with Gasteiger partial charge in [0.25, 0.3) is 0 Å². The molecule has 4 heteroatoms. The summed E-state index contributed by atoms with van der Waals surface area (Å²) < 4.78 is 5.20. The highest BCUT2D eigenvalue weighted by atomic mass is 16.5. The summed E-state index contributed by atoms with van der Waals surface area (Å²) in [5, 5.41) is 2.85. The van der Waals surface area contributed by atoms with Gasteiger partial charge in [0.15, 0.2) is 0 Å². The lowest BCUT2D eigenvalue weighted by molar-refractivity contribution is -0.143. The maximum atomic E-state index is 11.9. The SMILES string of the molecule is CCCCCCCCOC(=O)CCCC(=O)Nc1ccc(CC)cc1. The van der Waals surface area contributed by atoms with Crippen molar-refractivity contribution in [2.24, 2.45) is 0 Å². The molecule has 0 aliphatic rings. The molecule has 0 atom stereocenters. The third-order valence-corrected chi connectivity index (χ3v) is 4.19. The van der Waals surface area contributed by atoms with E-state index in [1.54, 1.807) is 0 Å². The largest absolute Gasteiger partial charge is 0.466 e. The lowest BCUT2D eigenvalue weighted by Gasteiger charge is -2.07. The van der Waals surface area contributed by atoms with Crippen LogP contribution in [0.15, 0.2) is 24.3 Å². The van der Waals surface area contributed by atoms with Gasteiger partial charge in [-0.15, -0.1) is 0 Å². The summed E-state index contributed by atoms with van der Waals surface area (Å²) in [6, 6.07) is 7.83. The Labute approximate surface area is 152 Å². The molecule has 0 aliphatic carbocycles. The smallest absolute Gasteiger partial charge is 0.305 e. The Balaban J connectivity index is 2.05. The van der Waals surface area contributed by atoms with E-state index in [1.165, 1.54) is 31.2 Å². The first-order valence-electron chi connectivity index (χ1n) is 9.70. The molecule has 1 N–H and O–H groups in total. The van der Waals surface area contributed by atoms with Gasteiger partial charge in [0, 0.05) is 18.5 Å². The summed E-state index contributed by atoms with van der Waals surface area (Å²) in [5.41, 5.74) is 2.04. The van der Waals surface area contributed by atoms with Crippen molar-refractivity contribution in [2.45, 2.75) is 78.1 Å². The van der Waals surface area contributed by atoms with E-state index in [0.29, 0.717) is 25.9 Å². The van der Waals surface area contributed by atoms with E-state index in [4.69, 9.17) is 4.74 Å². The number of aryl methyl sites for hydroxylation is 1. The number of anilines is 1. The lowest BCUT2D eigenvalue weighted by atomic mass is 10.1. The van der Waals surface area contributed by atoms with Gasteiger partial charge in [0.05, 0.1) is 6.61 Å². The van der Waals surface area contributed by atoms with Crippen LogP contribution in [0.3, 0.4) is 0 Å². The highest BCUT2D eigenvalue weighted by molar-refractivity contribution is 5.90. The van der Waals surface area contributed by atoms with Crippen LogP contribution in [0.1, 0.15) is 77.2 Å². The number of ether oxygens (including phenoxy) is 1. The summed E-state index contributed by atoms with van der Waals surface area (Å²) in [4.78, 5) is 23.5. The van der Waals surface area contributed by atoms with Crippen molar-refractivity contribution < 1.29 is 14.3 Å². The first-order valence-corrected chi connectivity index (χ1v) is 9.70. The number of esters is 1. The highest BCUT2D eigenvalue weighted by Gasteiger charge is 2.07. The fourth-order valence-corrected chi connectivity index (χ4v) is 2.58. The zero-order chi connectivity index (χ0) is 18.3. The number of hydrogen-bond donors (Lipinski definition) is 1. The minimum atomic E-state index is -0.200. The predicted molar refractivity (Wildman–Crippen MR) is 103 cm³/mol. The first kappa shape index (κ1) is 21.2. The van der Waals surface area contributed by atoms with Crippen molar-refractivity contribution in [1.29, 1.82) is 0 Å². The van der Waals surface area contributed by atoms with Crippen molar-refractivity contribution in [3.8, 4) is 0 Å². The Kier molecular flexibility index (Phi) is 11.4. The van der Waals surface area contributed by atoms with Crippen LogP contribution >= 0.6 is 0 Å². The molecule has 0 radical (unpaired) electrons. The molecule has 0 saturated heterocycles. The standard InChI is InChI=1S/C21H33NO3/c1-3-5-6-7-8-9-17-25-21(24)12-10-11-20(23)22-19-15-13-18(4-2)14-16-19/h13-16H,3-12,17H2,1-2H3,(H,22,23). The zero-order valence-electron chi connectivity index (χ0n) is 15.8. The van der Waals surface area contributed by atoms with Crippen molar-refractivity contribution in [2.75, 3.05) is 11.9 Å². The number of benzene rings is 1. The Morgan fingerprint density at radius 3 is 2.24 bits per heavy atom. The molecule has 140 valence electrons. The number of unbranched alkanes of at least 4 members (excludes halogenated alkanes) is 5. The molecule has 1 aromatic carbocycles. The number of hydrogen-bond acceptors (Lipinski definition) is 3. The van der Waals surface area contributed by atoms with Crippen LogP contribution in [-0.2, 0) is 20.7 Å². The second-order valence-corrected chi connectivity index (χ2v) is 6.44. The number of rotatable bonds is 13. The minimum absolute atomic E-state index is 0.0621. The monoisotopic (exact) mass is 347 g/mol. The molecule has 0 fully saturated rings. The minimum Gasteiger partial charge on any atom is -0.466 e. The fourth-order valence-electron chi connectivity index (χ4n) is 2.58. The fraction of sp³-hybridized carbons (Fsp3) is 0.619. The topological polar surface area (TPSA) is 55.4 Å². The zero-order valence-corrected chi connectivity index (χ0v) is 15.8. The number of amides is 1. The molecule has 1 aromatic rings. The molecule has 0 aliphatic heterocycles.